The van der Waals surface area contributed by atoms with E-state index in [0.717, 1.165) is 12.1 Å². The number of rotatable bonds is 3. The molecule has 5 nitrogen and oxygen atoms in total. The van der Waals surface area contributed by atoms with E-state index in [9.17, 15) is 17.6 Å². The number of nitrogens with zero attached hydrogens (tertiary/aromatic N) is 2. The van der Waals surface area contributed by atoms with E-state index in [4.69, 9.17) is 10.3 Å². The van der Waals surface area contributed by atoms with Crippen LogP contribution in [0.3, 0.4) is 0 Å². The highest BCUT2D eigenvalue weighted by atomic mass is 19.4. The van der Waals surface area contributed by atoms with E-state index in [1.54, 1.807) is 6.92 Å². The molecular formula is C11H9F4N3O2. The fourth-order valence-electron chi connectivity index (χ4n) is 1.38. The quantitative estimate of drug-likeness (QED) is 0.880. The lowest BCUT2D eigenvalue weighted by Gasteiger charge is -2.10. The standard InChI is InChI=1S/C11H9F4N3O2/c1-5(16)10-17-9(18-20-10)6-2-3-7(12)8(4-6)19-11(13,14)15/h2-5H,16H2,1H3/t5-/m0/s1. The van der Waals surface area contributed by atoms with Crippen LogP contribution in [0.2, 0.25) is 0 Å². The molecule has 1 aromatic carbocycles. The second-order valence-electron chi connectivity index (χ2n) is 3.94. The summed E-state index contributed by atoms with van der Waals surface area (Å²) in [6, 6.07) is 2.33. The molecule has 0 spiro atoms. The lowest BCUT2D eigenvalue weighted by molar-refractivity contribution is -0.275. The van der Waals surface area contributed by atoms with Crippen molar-refractivity contribution in [1.82, 2.24) is 10.1 Å². The minimum absolute atomic E-state index is 0.00988. The van der Waals surface area contributed by atoms with Crippen LogP contribution in [0.15, 0.2) is 22.7 Å². The van der Waals surface area contributed by atoms with Gasteiger partial charge in [-0.3, -0.25) is 0 Å². The number of nitrogens with two attached hydrogens (primary N) is 1. The Morgan fingerprint density at radius 3 is 2.60 bits per heavy atom. The molecule has 2 aromatic rings. The van der Waals surface area contributed by atoms with Gasteiger partial charge in [-0.1, -0.05) is 5.16 Å². The second kappa shape index (κ2) is 5.08. The SMILES string of the molecule is C[C@H](N)c1nc(-c2ccc(F)c(OC(F)(F)F)c2)no1. The summed E-state index contributed by atoms with van der Waals surface area (Å²) in [7, 11) is 0. The first-order chi connectivity index (χ1) is 9.26. The molecule has 0 unspecified atom stereocenters. The van der Waals surface area contributed by atoms with Crippen molar-refractivity contribution < 1.29 is 26.8 Å². The third-order valence-corrected chi connectivity index (χ3v) is 2.25. The molecule has 0 saturated heterocycles. The number of hydrogen-bond donors (Lipinski definition) is 1. The Balaban J connectivity index is 2.35. The van der Waals surface area contributed by atoms with Crippen molar-refractivity contribution in [2.24, 2.45) is 5.73 Å². The molecule has 0 amide bonds. The summed E-state index contributed by atoms with van der Waals surface area (Å²) in [5.41, 5.74) is 5.63. The van der Waals surface area contributed by atoms with Gasteiger partial charge in [-0.15, -0.1) is 13.2 Å². The van der Waals surface area contributed by atoms with Crippen LogP contribution in [-0.2, 0) is 0 Å². The van der Waals surface area contributed by atoms with Crippen LogP contribution < -0.4 is 10.5 Å². The van der Waals surface area contributed by atoms with Gasteiger partial charge in [0.1, 0.15) is 0 Å². The van der Waals surface area contributed by atoms with E-state index in [1.165, 1.54) is 6.07 Å². The second-order valence-corrected chi connectivity index (χ2v) is 3.94. The van der Waals surface area contributed by atoms with Crippen LogP contribution in [0.5, 0.6) is 5.75 Å². The van der Waals surface area contributed by atoms with Gasteiger partial charge in [0.2, 0.25) is 11.7 Å². The Morgan fingerprint density at radius 2 is 2.05 bits per heavy atom. The van der Waals surface area contributed by atoms with Gasteiger partial charge >= 0.3 is 6.36 Å². The van der Waals surface area contributed by atoms with Gasteiger partial charge < -0.3 is 15.0 Å². The monoisotopic (exact) mass is 291 g/mol. The molecule has 0 aliphatic heterocycles. The molecule has 1 aromatic heterocycles. The van der Waals surface area contributed by atoms with E-state index < -0.39 is 24.0 Å². The zero-order valence-electron chi connectivity index (χ0n) is 10.1. The molecule has 0 bridgehead atoms. The normalized spacial score (nSPS) is 13.3. The lowest BCUT2D eigenvalue weighted by Crippen LogP contribution is -2.18. The topological polar surface area (TPSA) is 74.2 Å². The van der Waals surface area contributed by atoms with Gasteiger partial charge in [-0.05, 0) is 25.1 Å². The van der Waals surface area contributed by atoms with Crippen LogP contribution in [0.25, 0.3) is 11.4 Å². The van der Waals surface area contributed by atoms with E-state index in [1.807, 2.05) is 0 Å². The highest BCUT2D eigenvalue weighted by Gasteiger charge is 2.32. The summed E-state index contributed by atoms with van der Waals surface area (Å²) >= 11 is 0. The van der Waals surface area contributed by atoms with Crippen molar-refractivity contribution in [3.05, 3.63) is 29.9 Å². The molecule has 0 aliphatic carbocycles. The number of alkyl halides is 3. The number of halogens is 4. The maximum atomic E-state index is 13.2. The van der Waals surface area contributed by atoms with E-state index in [2.05, 4.69) is 14.9 Å². The summed E-state index contributed by atoms with van der Waals surface area (Å²) in [5, 5.41) is 3.55. The molecule has 2 rings (SSSR count). The molecule has 1 atom stereocenters. The van der Waals surface area contributed by atoms with Crippen molar-refractivity contribution in [1.29, 1.82) is 0 Å². The fraction of sp³-hybridized carbons (Fsp3) is 0.273. The van der Waals surface area contributed by atoms with E-state index >= 15 is 0 Å². The van der Waals surface area contributed by atoms with E-state index in [0.29, 0.717) is 0 Å². The average molecular weight is 291 g/mol. The van der Waals surface area contributed by atoms with Crippen LogP contribution in [0.4, 0.5) is 17.6 Å². The predicted molar refractivity (Wildman–Crippen MR) is 59.0 cm³/mol. The van der Waals surface area contributed by atoms with Gasteiger partial charge in [0.05, 0.1) is 6.04 Å². The first-order valence-electron chi connectivity index (χ1n) is 5.41. The molecule has 108 valence electrons. The number of ether oxygens (including phenoxy) is 1. The Bertz CT molecular complexity index is 610. The maximum absolute atomic E-state index is 13.2. The summed E-state index contributed by atoms with van der Waals surface area (Å²) in [6.07, 6.45) is -4.99. The first kappa shape index (κ1) is 14.3. The Morgan fingerprint density at radius 1 is 1.35 bits per heavy atom. The number of aromatic nitrogens is 2. The third kappa shape index (κ3) is 3.23. The van der Waals surface area contributed by atoms with Gasteiger partial charge in [-0.2, -0.15) is 4.98 Å². The highest BCUT2D eigenvalue weighted by Crippen LogP contribution is 2.29. The molecular weight excluding hydrogens is 282 g/mol. The summed E-state index contributed by atoms with van der Waals surface area (Å²) in [5.74, 6) is -2.02. The third-order valence-electron chi connectivity index (χ3n) is 2.25. The Kier molecular flexibility index (Phi) is 3.62. The predicted octanol–water partition coefficient (Wildman–Crippen LogP) is 2.79. The highest BCUT2D eigenvalue weighted by molar-refractivity contribution is 5.57. The van der Waals surface area contributed by atoms with Crippen molar-refractivity contribution in [3.8, 4) is 17.1 Å². The van der Waals surface area contributed by atoms with Crippen molar-refractivity contribution in [2.75, 3.05) is 0 Å². The van der Waals surface area contributed by atoms with Gasteiger partial charge in [0.15, 0.2) is 11.6 Å². The summed E-state index contributed by atoms with van der Waals surface area (Å²) in [6.45, 7) is 1.60. The fourth-order valence-corrected chi connectivity index (χ4v) is 1.38. The van der Waals surface area contributed by atoms with Crippen molar-refractivity contribution in [2.45, 2.75) is 19.3 Å². The smallest absolute Gasteiger partial charge is 0.403 e. The maximum Gasteiger partial charge on any atom is 0.573 e. The minimum Gasteiger partial charge on any atom is -0.403 e. The molecule has 2 N–H and O–H groups in total. The Hall–Kier alpha value is -2.16. The van der Waals surface area contributed by atoms with Crippen LogP contribution in [-0.4, -0.2) is 16.5 Å². The lowest BCUT2D eigenvalue weighted by atomic mass is 10.2. The zero-order chi connectivity index (χ0) is 14.9. The molecule has 20 heavy (non-hydrogen) atoms. The van der Waals surface area contributed by atoms with Crippen LogP contribution in [0.1, 0.15) is 18.9 Å². The molecule has 0 saturated carbocycles. The Labute approximate surface area is 110 Å². The van der Waals surface area contributed by atoms with Gasteiger partial charge in [0, 0.05) is 5.56 Å². The van der Waals surface area contributed by atoms with Crippen LogP contribution >= 0.6 is 0 Å². The zero-order valence-corrected chi connectivity index (χ0v) is 10.1. The van der Waals surface area contributed by atoms with Crippen LogP contribution in [0, 0.1) is 5.82 Å². The summed E-state index contributed by atoms with van der Waals surface area (Å²) in [4.78, 5) is 3.89. The average Bonchev–Trinajstić information content (AvgIpc) is 2.79. The molecule has 0 aliphatic rings. The first-order valence-corrected chi connectivity index (χ1v) is 5.41. The molecule has 0 radical (unpaired) electrons. The molecule has 9 heteroatoms. The molecule has 0 fully saturated rings. The van der Waals surface area contributed by atoms with Gasteiger partial charge in [0.25, 0.3) is 0 Å². The summed E-state index contributed by atoms with van der Waals surface area (Å²) < 4.78 is 57.9. The van der Waals surface area contributed by atoms with Gasteiger partial charge in [-0.25, -0.2) is 4.39 Å². The molecule has 1 heterocycles. The van der Waals surface area contributed by atoms with Crippen molar-refractivity contribution in [3.63, 3.8) is 0 Å². The largest absolute Gasteiger partial charge is 0.573 e. The number of benzene rings is 1. The minimum atomic E-state index is -4.99. The van der Waals surface area contributed by atoms with E-state index in [-0.39, 0.29) is 17.3 Å². The van der Waals surface area contributed by atoms with Crippen molar-refractivity contribution >= 4 is 0 Å². The number of hydrogen-bond acceptors (Lipinski definition) is 5.